The van der Waals surface area contributed by atoms with Crippen LogP contribution in [-0.4, -0.2) is 39.5 Å². The Balaban J connectivity index is 2.19. The van der Waals surface area contributed by atoms with E-state index in [4.69, 9.17) is 0 Å². The van der Waals surface area contributed by atoms with Crippen molar-refractivity contribution in [1.29, 1.82) is 0 Å². The van der Waals surface area contributed by atoms with Crippen LogP contribution in [0.3, 0.4) is 0 Å². The summed E-state index contributed by atoms with van der Waals surface area (Å²) in [5, 5.41) is 0. The number of hydrogen-bond acceptors (Lipinski definition) is 3. The summed E-state index contributed by atoms with van der Waals surface area (Å²) in [5.74, 6) is -0.357. The van der Waals surface area contributed by atoms with Gasteiger partial charge in [0.2, 0.25) is 0 Å². The molecule has 7 heteroatoms. The second kappa shape index (κ2) is 7.56. The first kappa shape index (κ1) is 20.4. The molecule has 2 aromatic rings. The summed E-state index contributed by atoms with van der Waals surface area (Å²) in [5.41, 5.74) is -2.26. The Morgan fingerprint density at radius 2 is 1.64 bits per heavy atom. The van der Waals surface area contributed by atoms with Gasteiger partial charge in [-0.3, -0.25) is 0 Å². The zero-order valence-electron chi connectivity index (χ0n) is 15.4. The molecule has 0 heterocycles. The van der Waals surface area contributed by atoms with Gasteiger partial charge in [0.25, 0.3) is 9.84 Å². The molecule has 0 fully saturated rings. The summed E-state index contributed by atoms with van der Waals surface area (Å²) >= 11 is 0. The third-order valence-electron chi connectivity index (χ3n) is 4.58. The molecule has 0 bridgehead atoms. The lowest BCUT2D eigenvalue weighted by molar-refractivity contribution is -0.0436. The quantitative estimate of drug-likeness (QED) is 0.689. The highest BCUT2D eigenvalue weighted by atomic mass is 32.2. The summed E-state index contributed by atoms with van der Waals surface area (Å²) in [6.07, 6.45) is 7.54. The van der Waals surface area contributed by atoms with Gasteiger partial charge in [0.15, 0.2) is 0 Å². The fourth-order valence-electron chi connectivity index (χ4n) is 3.18. The average molecular weight is 407 g/mol. The van der Waals surface area contributed by atoms with Crippen molar-refractivity contribution < 1.29 is 21.6 Å². The van der Waals surface area contributed by atoms with Crippen LogP contribution < -0.4 is 0 Å². The molecule has 0 radical (unpaired) electrons. The second-order valence-corrected chi connectivity index (χ2v) is 8.81. The minimum atomic E-state index is -5.41. The van der Waals surface area contributed by atoms with Gasteiger partial charge in [0.05, 0.1) is 4.90 Å². The van der Waals surface area contributed by atoms with E-state index in [0.29, 0.717) is 17.7 Å². The molecule has 1 atom stereocenters. The summed E-state index contributed by atoms with van der Waals surface area (Å²) in [6.45, 7) is 0.655. The van der Waals surface area contributed by atoms with Gasteiger partial charge in [-0.15, -0.1) is 0 Å². The van der Waals surface area contributed by atoms with Gasteiger partial charge in [-0.05, 0) is 48.5 Å². The van der Waals surface area contributed by atoms with Gasteiger partial charge in [-0.25, -0.2) is 8.42 Å². The number of sulfone groups is 1. The maximum Gasteiger partial charge on any atom is 0.501 e. The van der Waals surface area contributed by atoms with Crippen LogP contribution in [0.5, 0.6) is 0 Å². The van der Waals surface area contributed by atoms with Crippen LogP contribution in [0, 0.1) is 0 Å². The summed E-state index contributed by atoms with van der Waals surface area (Å²) < 4.78 is 62.9. The van der Waals surface area contributed by atoms with E-state index >= 15 is 0 Å². The minimum Gasteiger partial charge on any atom is -0.306 e. The van der Waals surface area contributed by atoms with Gasteiger partial charge in [-0.2, -0.15) is 13.2 Å². The second-order valence-electron chi connectivity index (χ2n) is 6.87. The first-order chi connectivity index (χ1) is 13.1. The molecule has 0 aliphatic heterocycles. The number of allylic oxidation sites excluding steroid dienone is 1. The van der Waals surface area contributed by atoms with E-state index in [9.17, 15) is 21.6 Å². The van der Waals surface area contributed by atoms with Crippen molar-refractivity contribution in [2.45, 2.75) is 16.3 Å². The fraction of sp³-hybridized carbons (Fsp3) is 0.238. The highest BCUT2D eigenvalue weighted by Crippen LogP contribution is 2.38. The van der Waals surface area contributed by atoms with Crippen molar-refractivity contribution in [1.82, 2.24) is 4.90 Å². The zero-order valence-corrected chi connectivity index (χ0v) is 16.3. The van der Waals surface area contributed by atoms with Gasteiger partial charge in [0, 0.05) is 12.5 Å². The third-order valence-corrected chi connectivity index (χ3v) is 6.06. The molecule has 1 unspecified atom stereocenters. The van der Waals surface area contributed by atoms with E-state index in [0.717, 1.165) is 23.3 Å². The molecule has 1 aliphatic carbocycles. The van der Waals surface area contributed by atoms with E-state index < -0.39 is 20.2 Å². The van der Waals surface area contributed by atoms with Crippen LogP contribution in [0.1, 0.15) is 28.2 Å². The molecule has 28 heavy (non-hydrogen) atoms. The molecular weight excluding hydrogens is 387 g/mol. The highest BCUT2D eigenvalue weighted by molar-refractivity contribution is 7.92. The molecule has 0 amide bonds. The molecule has 3 nitrogen and oxygen atoms in total. The van der Waals surface area contributed by atoms with Crippen LogP contribution in [0.25, 0.3) is 12.2 Å². The number of fused-ring (bicyclic) bond motifs is 2. The molecule has 2 aromatic carbocycles. The number of likely N-dealkylation sites (N-methyl/N-ethyl adjacent to an activating group) is 1. The lowest BCUT2D eigenvalue weighted by Gasteiger charge is -2.19. The summed E-state index contributed by atoms with van der Waals surface area (Å²) in [7, 11) is -1.59. The number of benzene rings is 2. The monoisotopic (exact) mass is 407 g/mol. The predicted octanol–water partition coefficient (Wildman–Crippen LogP) is 4.71. The van der Waals surface area contributed by atoms with E-state index in [1.165, 1.54) is 6.07 Å². The number of nitrogens with zero attached hydrogens (tertiary/aromatic N) is 1. The Morgan fingerprint density at radius 3 is 2.29 bits per heavy atom. The lowest BCUT2D eigenvalue weighted by atomic mass is 9.87. The van der Waals surface area contributed by atoms with Crippen molar-refractivity contribution in [2.24, 2.45) is 0 Å². The van der Waals surface area contributed by atoms with Crippen molar-refractivity contribution >= 4 is 22.0 Å². The van der Waals surface area contributed by atoms with E-state index in [1.807, 2.05) is 61.5 Å². The van der Waals surface area contributed by atoms with E-state index in [-0.39, 0.29) is 5.92 Å². The Kier molecular flexibility index (Phi) is 5.50. The van der Waals surface area contributed by atoms with Gasteiger partial charge in [-0.1, -0.05) is 54.6 Å². The first-order valence-electron chi connectivity index (χ1n) is 8.65. The standard InChI is InChI=1S/C21H20F3NO2S/c1-25(2)13-5-8-19-18-7-4-3-6-15(18)9-10-16-11-12-17(14-20(16)19)28(26,27)21(22,23)24/h3-12,14,19H,13H2,1-2H3. The molecule has 0 N–H and O–H groups in total. The van der Waals surface area contributed by atoms with E-state index in [1.54, 1.807) is 6.08 Å². The molecular formula is C21H20F3NO2S. The first-order valence-corrected chi connectivity index (χ1v) is 10.1. The van der Waals surface area contributed by atoms with Crippen molar-refractivity contribution in [3.63, 3.8) is 0 Å². The highest BCUT2D eigenvalue weighted by Gasteiger charge is 2.47. The summed E-state index contributed by atoms with van der Waals surface area (Å²) in [6, 6.07) is 11.2. The normalized spacial score (nSPS) is 16.9. The Bertz CT molecular complexity index is 1040. The van der Waals surface area contributed by atoms with Gasteiger partial charge < -0.3 is 4.90 Å². The largest absolute Gasteiger partial charge is 0.501 e. The minimum absolute atomic E-state index is 0.357. The van der Waals surface area contributed by atoms with Crippen LogP contribution in [0.4, 0.5) is 13.2 Å². The molecule has 1 aliphatic rings. The van der Waals surface area contributed by atoms with Crippen LogP contribution in [0.15, 0.2) is 59.5 Å². The molecule has 0 saturated heterocycles. The van der Waals surface area contributed by atoms with Crippen LogP contribution in [0.2, 0.25) is 0 Å². The number of alkyl halides is 3. The van der Waals surface area contributed by atoms with Crippen molar-refractivity contribution in [2.75, 3.05) is 20.6 Å². The van der Waals surface area contributed by atoms with Crippen LogP contribution in [-0.2, 0) is 9.84 Å². The zero-order chi connectivity index (χ0) is 20.5. The van der Waals surface area contributed by atoms with Crippen LogP contribution >= 0.6 is 0 Å². The molecule has 0 spiro atoms. The summed E-state index contributed by atoms with van der Waals surface area (Å²) in [4.78, 5) is 1.22. The van der Waals surface area contributed by atoms with Crippen molar-refractivity contribution in [3.8, 4) is 0 Å². The molecule has 0 aromatic heterocycles. The third kappa shape index (κ3) is 3.91. The maximum atomic E-state index is 13.0. The maximum absolute atomic E-state index is 13.0. The lowest BCUT2D eigenvalue weighted by Crippen LogP contribution is -2.23. The van der Waals surface area contributed by atoms with Gasteiger partial charge >= 0.3 is 5.51 Å². The van der Waals surface area contributed by atoms with Crippen molar-refractivity contribution in [3.05, 3.63) is 76.9 Å². The Labute approximate surface area is 162 Å². The van der Waals surface area contributed by atoms with E-state index in [2.05, 4.69) is 0 Å². The SMILES string of the molecule is CN(C)CC=CC1c2ccccc2C=Cc2ccc(S(=O)(=O)C(F)(F)F)cc21. The Morgan fingerprint density at radius 1 is 1.00 bits per heavy atom. The van der Waals surface area contributed by atoms with Gasteiger partial charge in [0.1, 0.15) is 0 Å². The fourth-order valence-corrected chi connectivity index (χ4v) is 3.98. The topological polar surface area (TPSA) is 37.4 Å². The molecule has 3 rings (SSSR count). The number of rotatable bonds is 4. The Hall–Kier alpha value is -2.38. The molecule has 0 saturated carbocycles. The predicted molar refractivity (Wildman–Crippen MR) is 105 cm³/mol. The smallest absolute Gasteiger partial charge is 0.306 e. The average Bonchev–Trinajstić information content (AvgIpc) is 2.77. The number of hydrogen-bond donors (Lipinski definition) is 0. The molecule has 148 valence electrons. The number of halogens is 3.